The Morgan fingerprint density at radius 1 is 1.13 bits per heavy atom. The number of alkyl halides is 3. The zero-order valence-corrected chi connectivity index (χ0v) is 9.70. The molecule has 0 aromatic heterocycles. The molecule has 1 aromatic rings. The Kier molecular flexibility index (Phi) is 2.71. The number of hydrogen-bond donors (Lipinski definition) is 2. The van der Waals surface area contributed by atoms with Crippen molar-refractivity contribution in [3.8, 4) is 0 Å². The number of anilines is 1. The van der Waals surface area contributed by atoms with Gasteiger partial charge in [-0.25, -0.2) is 0 Å². The summed E-state index contributed by atoms with van der Waals surface area (Å²) in [7, 11) is 0. The minimum absolute atomic E-state index is 0.249. The highest BCUT2D eigenvalue weighted by Gasteiger charge is 2.37. The summed E-state index contributed by atoms with van der Waals surface area (Å²) in [5.74, 6) is -0.249. The smallest absolute Gasteiger partial charge is 0.255 e. The number of hydrogen-bond acceptors (Lipinski definition) is 2. The second-order valence-corrected chi connectivity index (χ2v) is 5.51. The van der Waals surface area contributed by atoms with E-state index in [1.807, 2.05) is 0 Å². The summed E-state index contributed by atoms with van der Waals surface area (Å²) in [6.07, 6.45) is -0.718. The predicted molar refractivity (Wildman–Crippen MR) is 61.6 cm³/mol. The molecule has 0 bridgehead atoms. The minimum atomic E-state index is -1.58. The molecule has 2 N–H and O–H groups in total. The van der Waals surface area contributed by atoms with Gasteiger partial charge in [0.05, 0.1) is 5.56 Å². The normalized spacial score (nSPS) is 20.2. The lowest BCUT2D eigenvalue weighted by atomic mass is 10.1. The SMILES string of the molecule is O=C1NC(C(Cl)(Cl)Cl)Nc2ccccc21. The fourth-order valence-corrected chi connectivity index (χ4v) is 1.70. The van der Waals surface area contributed by atoms with Crippen LogP contribution in [-0.2, 0) is 0 Å². The van der Waals surface area contributed by atoms with Crippen LogP contribution >= 0.6 is 34.8 Å². The van der Waals surface area contributed by atoms with E-state index in [0.717, 1.165) is 0 Å². The van der Waals surface area contributed by atoms with E-state index in [9.17, 15) is 4.79 Å². The second-order valence-electron chi connectivity index (χ2n) is 3.14. The van der Waals surface area contributed by atoms with Gasteiger partial charge in [-0.15, -0.1) is 0 Å². The number of nitrogens with one attached hydrogen (secondary N) is 2. The molecule has 2 rings (SSSR count). The molecule has 1 unspecified atom stereocenters. The molecule has 15 heavy (non-hydrogen) atoms. The number of carbonyl (C=O) groups is 1. The van der Waals surface area contributed by atoms with Crippen LogP contribution in [0.4, 0.5) is 5.69 Å². The van der Waals surface area contributed by atoms with Gasteiger partial charge in [-0.2, -0.15) is 0 Å². The third-order valence-electron chi connectivity index (χ3n) is 2.07. The van der Waals surface area contributed by atoms with Crippen LogP contribution in [0.15, 0.2) is 24.3 Å². The first-order valence-electron chi connectivity index (χ1n) is 4.21. The van der Waals surface area contributed by atoms with Gasteiger partial charge in [-0.1, -0.05) is 46.9 Å². The number of amides is 1. The van der Waals surface area contributed by atoms with Crippen LogP contribution in [0.3, 0.4) is 0 Å². The summed E-state index contributed by atoms with van der Waals surface area (Å²) >= 11 is 17.1. The lowest BCUT2D eigenvalue weighted by Crippen LogP contribution is -2.52. The van der Waals surface area contributed by atoms with Crippen LogP contribution in [0.2, 0.25) is 0 Å². The average molecular weight is 266 g/mol. The molecule has 1 heterocycles. The fraction of sp³-hybridized carbons (Fsp3) is 0.222. The Bertz CT molecular complexity index is 403. The van der Waals surface area contributed by atoms with E-state index in [2.05, 4.69) is 10.6 Å². The maximum absolute atomic E-state index is 11.6. The molecule has 1 aliphatic rings. The van der Waals surface area contributed by atoms with Crippen molar-refractivity contribution in [3.63, 3.8) is 0 Å². The number of halogens is 3. The molecule has 0 aliphatic carbocycles. The predicted octanol–water partition coefficient (Wildman–Crippen LogP) is 2.54. The van der Waals surface area contributed by atoms with E-state index >= 15 is 0 Å². The monoisotopic (exact) mass is 264 g/mol. The first-order valence-corrected chi connectivity index (χ1v) is 5.35. The van der Waals surface area contributed by atoms with Gasteiger partial charge in [-0.05, 0) is 12.1 Å². The summed E-state index contributed by atoms with van der Waals surface area (Å²) in [5.41, 5.74) is 1.21. The summed E-state index contributed by atoms with van der Waals surface area (Å²) in [5, 5.41) is 5.51. The van der Waals surface area contributed by atoms with Gasteiger partial charge < -0.3 is 10.6 Å². The number of para-hydroxylation sites is 1. The second kappa shape index (κ2) is 3.74. The number of benzene rings is 1. The summed E-state index contributed by atoms with van der Waals surface area (Å²) in [6.45, 7) is 0. The summed E-state index contributed by atoms with van der Waals surface area (Å²) in [4.78, 5) is 11.6. The molecule has 80 valence electrons. The van der Waals surface area contributed by atoms with Crippen molar-refractivity contribution in [2.75, 3.05) is 5.32 Å². The van der Waals surface area contributed by atoms with Crippen LogP contribution in [0.1, 0.15) is 10.4 Å². The van der Waals surface area contributed by atoms with Gasteiger partial charge in [0.25, 0.3) is 5.91 Å². The molecule has 0 fully saturated rings. The minimum Gasteiger partial charge on any atom is -0.361 e. The van der Waals surface area contributed by atoms with E-state index in [1.165, 1.54) is 0 Å². The van der Waals surface area contributed by atoms with Crippen molar-refractivity contribution in [1.82, 2.24) is 5.32 Å². The standard InChI is InChI=1S/C9H7Cl3N2O/c10-9(11,12)8-13-6-4-2-1-3-5(6)7(15)14-8/h1-4,8,13H,(H,14,15). The Labute approximate surface area is 102 Å². The topological polar surface area (TPSA) is 41.1 Å². The Morgan fingerprint density at radius 2 is 1.80 bits per heavy atom. The molecule has 1 atom stereocenters. The summed E-state index contributed by atoms with van der Waals surface area (Å²) in [6, 6.07) is 7.04. The largest absolute Gasteiger partial charge is 0.361 e. The average Bonchev–Trinajstić information content (AvgIpc) is 2.16. The van der Waals surface area contributed by atoms with Crippen molar-refractivity contribution in [3.05, 3.63) is 29.8 Å². The Hall–Kier alpha value is -0.640. The lowest BCUT2D eigenvalue weighted by Gasteiger charge is -2.32. The van der Waals surface area contributed by atoms with Gasteiger partial charge in [-0.3, -0.25) is 4.79 Å². The Morgan fingerprint density at radius 3 is 2.47 bits per heavy atom. The van der Waals surface area contributed by atoms with Gasteiger partial charge >= 0.3 is 0 Å². The molecule has 1 aliphatic heterocycles. The van der Waals surface area contributed by atoms with Crippen molar-refractivity contribution in [2.24, 2.45) is 0 Å². The van der Waals surface area contributed by atoms with Crippen LogP contribution in [0.5, 0.6) is 0 Å². The first kappa shape index (κ1) is 10.9. The Balaban J connectivity index is 2.35. The molecule has 0 radical (unpaired) electrons. The van der Waals surface area contributed by atoms with Gasteiger partial charge in [0.1, 0.15) is 6.17 Å². The number of fused-ring (bicyclic) bond motifs is 1. The zero-order valence-electron chi connectivity index (χ0n) is 7.43. The molecule has 1 amide bonds. The van der Waals surface area contributed by atoms with E-state index in [0.29, 0.717) is 11.3 Å². The van der Waals surface area contributed by atoms with Crippen LogP contribution < -0.4 is 10.6 Å². The van der Waals surface area contributed by atoms with Crippen LogP contribution in [0, 0.1) is 0 Å². The molecular formula is C9H7Cl3N2O. The zero-order chi connectivity index (χ0) is 11.1. The van der Waals surface area contributed by atoms with Gasteiger partial charge in [0.15, 0.2) is 0 Å². The molecule has 6 heteroatoms. The van der Waals surface area contributed by atoms with Gasteiger partial charge in [0.2, 0.25) is 3.79 Å². The van der Waals surface area contributed by atoms with Crippen molar-refractivity contribution in [2.45, 2.75) is 9.96 Å². The molecular weight excluding hydrogens is 258 g/mol. The maximum atomic E-state index is 11.6. The highest BCUT2D eigenvalue weighted by atomic mass is 35.6. The highest BCUT2D eigenvalue weighted by molar-refractivity contribution is 6.68. The van der Waals surface area contributed by atoms with E-state index in [1.54, 1.807) is 24.3 Å². The lowest BCUT2D eigenvalue weighted by molar-refractivity contribution is 0.0936. The van der Waals surface area contributed by atoms with Gasteiger partial charge in [0, 0.05) is 5.69 Å². The molecule has 0 saturated heterocycles. The summed E-state index contributed by atoms with van der Waals surface area (Å²) < 4.78 is -1.58. The number of rotatable bonds is 0. The number of carbonyl (C=O) groups excluding carboxylic acids is 1. The maximum Gasteiger partial charge on any atom is 0.255 e. The molecule has 0 saturated carbocycles. The van der Waals surface area contributed by atoms with Crippen LogP contribution in [-0.4, -0.2) is 15.9 Å². The van der Waals surface area contributed by atoms with Crippen molar-refractivity contribution in [1.29, 1.82) is 0 Å². The van der Waals surface area contributed by atoms with Crippen molar-refractivity contribution >= 4 is 46.4 Å². The van der Waals surface area contributed by atoms with E-state index in [4.69, 9.17) is 34.8 Å². The third kappa shape index (κ3) is 2.14. The quantitative estimate of drug-likeness (QED) is 0.708. The molecule has 3 nitrogen and oxygen atoms in total. The molecule has 1 aromatic carbocycles. The highest BCUT2D eigenvalue weighted by Crippen LogP contribution is 2.33. The molecule has 0 spiro atoms. The van der Waals surface area contributed by atoms with Crippen molar-refractivity contribution < 1.29 is 4.79 Å². The third-order valence-corrected chi connectivity index (χ3v) is 2.73. The van der Waals surface area contributed by atoms with E-state index < -0.39 is 9.96 Å². The van der Waals surface area contributed by atoms with E-state index in [-0.39, 0.29) is 5.91 Å². The van der Waals surface area contributed by atoms with Crippen LogP contribution in [0.25, 0.3) is 0 Å². The first-order chi connectivity index (χ1) is 6.98. The fourth-order valence-electron chi connectivity index (χ4n) is 1.37.